The molecule has 0 radical (unpaired) electrons. The molecular weight excluding hydrogens is 148 g/mol. The first kappa shape index (κ1) is 8.03. The van der Waals surface area contributed by atoms with Crippen molar-refractivity contribution in [2.45, 2.75) is 39.0 Å². The Morgan fingerprint density at radius 1 is 1.50 bits per heavy atom. The van der Waals surface area contributed by atoms with Gasteiger partial charge in [0, 0.05) is 12.3 Å². The summed E-state index contributed by atoms with van der Waals surface area (Å²) in [6.45, 7) is 2.19. The summed E-state index contributed by atoms with van der Waals surface area (Å²) >= 11 is 0. The van der Waals surface area contributed by atoms with Crippen LogP contribution in [-0.4, -0.2) is 5.78 Å². The normalized spacial score (nSPS) is 35.8. The van der Waals surface area contributed by atoms with Crippen molar-refractivity contribution in [3.63, 3.8) is 0 Å². The van der Waals surface area contributed by atoms with Gasteiger partial charge in [-0.3, -0.25) is 4.79 Å². The molecule has 0 aromatic carbocycles. The van der Waals surface area contributed by atoms with Gasteiger partial charge in [0.25, 0.3) is 0 Å². The van der Waals surface area contributed by atoms with Gasteiger partial charge in [-0.25, -0.2) is 0 Å². The molecule has 0 unspecified atom stereocenters. The molecule has 0 spiro atoms. The fourth-order valence-electron chi connectivity index (χ4n) is 2.58. The molecule has 0 heterocycles. The Bertz CT molecular complexity index is 227. The lowest BCUT2D eigenvalue weighted by Crippen LogP contribution is -2.30. The zero-order valence-electron chi connectivity index (χ0n) is 7.68. The highest BCUT2D eigenvalue weighted by atomic mass is 16.1. The first-order valence-corrected chi connectivity index (χ1v) is 4.95. The first-order valence-electron chi connectivity index (χ1n) is 4.95. The van der Waals surface area contributed by atoms with Crippen LogP contribution in [0.5, 0.6) is 0 Å². The monoisotopic (exact) mass is 164 g/mol. The van der Waals surface area contributed by atoms with Gasteiger partial charge in [0.2, 0.25) is 0 Å². The first-order chi connectivity index (χ1) is 5.77. The van der Waals surface area contributed by atoms with Crippen molar-refractivity contribution in [1.82, 2.24) is 0 Å². The molecule has 0 aliphatic heterocycles. The summed E-state index contributed by atoms with van der Waals surface area (Å²) in [7, 11) is 0. The molecule has 1 nitrogen and oxygen atoms in total. The molecule has 0 aromatic rings. The zero-order valence-corrected chi connectivity index (χ0v) is 7.68. The van der Waals surface area contributed by atoms with E-state index in [4.69, 9.17) is 0 Å². The van der Waals surface area contributed by atoms with E-state index in [9.17, 15) is 4.79 Å². The number of carbonyl (C=O) groups excluding carboxylic acids is 1. The van der Waals surface area contributed by atoms with Gasteiger partial charge in [-0.15, -0.1) is 0 Å². The van der Waals surface area contributed by atoms with Crippen LogP contribution in [0.3, 0.4) is 0 Å². The molecule has 1 saturated carbocycles. The van der Waals surface area contributed by atoms with E-state index in [0.717, 1.165) is 19.3 Å². The zero-order chi connectivity index (χ0) is 8.55. The lowest BCUT2D eigenvalue weighted by molar-refractivity contribution is -0.126. The van der Waals surface area contributed by atoms with Gasteiger partial charge in [0.05, 0.1) is 0 Å². The molecule has 0 saturated heterocycles. The minimum Gasteiger partial charge on any atom is -0.299 e. The number of Topliss-reactive ketones (excluding diaryl/α,β-unsaturated/α-hetero) is 1. The van der Waals surface area contributed by atoms with Crippen LogP contribution in [0.4, 0.5) is 0 Å². The number of rotatable bonds is 0. The van der Waals surface area contributed by atoms with Gasteiger partial charge < -0.3 is 0 Å². The maximum absolute atomic E-state index is 11.5. The van der Waals surface area contributed by atoms with Crippen molar-refractivity contribution in [2.24, 2.45) is 11.8 Å². The Labute approximate surface area is 73.8 Å². The Balaban J connectivity index is 2.14. The molecule has 2 atom stereocenters. The number of hydrogen-bond acceptors (Lipinski definition) is 1. The van der Waals surface area contributed by atoms with Crippen LogP contribution in [-0.2, 0) is 4.79 Å². The molecule has 0 bridgehead atoms. The largest absolute Gasteiger partial charge is 0.299 e. The topological polar surface area (TPSA) is 17.1 Å². The van der Waals surface area contributed by atoms with Crippen molar-refractivity contribution in [2.75, 3.05) is 0 Å². The molecule has 12 heavy (non-hydrogen) atoms. The fourth-order valence-corrected chi connectivity index (χ4v) is 2.58. The predicted octanol–water partition coefficient (Wildman–Crippen LogP) is 2.71. The summed E-state index contributed by atoms with van der Waals surface area (Å²) in [4.78, 5) is 11.5. The maximum Gasteiger partial charge on any atom is 0.136 e. The van der Waals surface area contributed by atoms with E-state index in [-0.39, 0.29) is 0 Å². The third-order valence-electron chi connectivity index (χ3n) is 3.29. The average Bonchev–Trinajstić information content (AvgIpc) is 2.04. The highest BCUT2D eigenvalue weighted by Gasteiger charge is 2.32. The smallest absolute Gasteiger partial charge is 0.136 e. The molecular formula is C11H16O. The highest BCUT2D eigenvalue weighted by molar-refractivity contribution is 5.82. The fraction of sp³-hybridized carbons (Fsp3) is 0.727. The van der Waals surface area contributed by atoms with Crippen molar-refractivity contribution in [1.29, 1.82) is 0 Å². The predicted molar refractivity (Wildman–Crippen MR) is 48.8 cm³/mol. The molecule has 1 heteroatoms. The number of ketones is 1. The third-order valence-corrected chi connectivity index (χ3v) is 3.29. The number of fused-ring (bicyclic) bond motifs is 1. The second-order valence-corrected chi connectivity index (χ2v) is 4.22. The standard InChI is InChI=1S/C11H16O/c1-8-5-6-10-9(7-8)3-2-4-11(10)12/h5,9-10H,2-4,6-7H2,1H3/t9-,10-/m0/s1. The van der Waals surface area contributed by atoms with Crippen LogP contribution in [0.15, 0.2) is 11.6 Å². The average molecular weight is 164 g/mol. The minimum atomic E-state index is 0.391. The van der Waals surface area contributed by atoms with Crippen molar-refractivity contribution in [3.8, 4) is 0 Å². The van der Waals surface area contributed by atoms with Gasteiger partial charge in [-0.1, -0.05) is 11.6 Å². The van der Waals surface area contributed by atoms with Gasteiger partial charge in [-0.2, -0.15) is 0 Å². The van der Waals surface area contributed by atoms with Crippen molar-refractivity contribution >= 4 is 5.78 Å². The van der Waals surface area contributed by atoms with E-state index in [1.807, 2.05) is 0 Å². The van der Waals surface area contributed by atoms with E-state index in [2.05, 4.69) is 13.0 Å². The number of hydrogen-bond donors (Lipinski definition) is 0. The van der Waals surface area contributed by atoms with Gasteiger partial charge in [0.15, 0.2) is 0 Å². The van der Waals surface area contributed by atoms with Crippen LogP contribution >= 0.6 is 0 Å². The van der Waals surface area contributed by atoms with Crippen LogP contribution in [0, 0.1) is 11.8 Å². The summed E-state index contributed by atoms with van der Waals surface area (Å²) in [6, 6.07) is 0. The minimum absolute atomic E-state index is 0.391. The van der Waals surface area contributed by atoms with Crippen LogP contribution < -0.4 is 0 Å². The van der Waals surface area contributed by atoms with E-state index in [1.165, 1.54) is 18.4 Å². The highest BCUT2D eigenvalue weighted by Crippen LogP contribution is 2.37. The van der Waals surface area contributed by atoms with Gasteiger partial charge in [0.1, 0.15) is 5.78 Å². The Kier molecular flexibility index (Phi) is 2.03. The Morgan fingerprint density at radius 2 is 2.33 bits per heavy atom. The van der Waals surface area contributed by atoms with Crippen molar-refractivity contribution in [3.05, 3.63) is 11.6 Å². The lowest BCUT2D eigenvalue weighted by atomic mass is 9.71. The second-order valence-electron chi connectivity index (χ2n) is 4.22. The van der Waals surface area contributed by atoms with Crippen LogP contribution in [0.25, 0.3) is 0 Å². The quantitative estimate of drug-likeness (QED) is 0.503. The Hall–Kier alpha value is -0.590. The SMILES string of the molecule is CC1=CC[C@@H]2C(=O)CCC[C@H]2C1. The molecule has 0 aromatic heterocycles. The van der Waals surface area contributed by atoms with E-state index in [1.54, 1.807) is 0 Å². The van der Waals surface area contributed by atoms with E-state index < -0.39 is 0 Å². The maximum atomic E-state index is 11.5. The van der Waals surface area contributed by atoms with Crippen molar-refractivity contribution < 1.29 is 4.79 Å². The molecule has 2 aliphatic rings. The molecule has 1 fully saturated rings. The lowest BCUT2D eigenvalue weighted by Gasteiger charge is -2.33. The molecule has 66 valence electrons. The van der Waals surface area contributed by atoms with Crippen LogP contribution in [0.2, 0.25) is 0 Å². The summed E-state index contributed by atoms with van der Waals surface area (Å²) in [6.07, 6.45) is 7.71. The molecule has 2 aliphatic carbocycles. The van der Waals surface area contributed by atoms with E-state index >= 15 is 0 Å². The van der Waals surface area contributed by atoms with Crippen LogP contribution in [0.1, 0.15) is 39.0 Å². The molecule has 2 rings (SSSR count). The summed E-state index contributed by atoms with van der Waals surface area (Å²) in [5.41, 5.74) is 1.49. The summed E-state index contributed by atoms with van der Waals surface area (Å²) in [5.74, 6) is 1.61. The third kappa shape index (κ3) is 1.33. The number of carbonyl (C=O) groups is 1. The van der Waals surface area contributed by atoms with Gasteiger partial charge >= 0.3 is 0 Å². The van der Waals surface area contributed by atoms with Gasteiger partial charge in [-0.05, 0) is 38.5 Å². The number of allylic oxidation sites excluding steroid dienone is 2. The molecule has 0 amide bonds. The summed E-state index contributed by atoms with van der Waals surface area (Å²) in [5, 5.41) is 0. The van der Waals surface area contributed by atoms with E-state index in [0.29, 0.717) is 17.6 Å². The molecule has 0 N–H and O–H groups in total. The second kappa shape index (κ2) is 3.04. The summed E-state index contributed by atoms with van der Waals surface area (Å²) < 4.78 is 0. The Morgan fingerprint density at radius 3 is 3.17 bits per heavy atom.